The number of hydrogen-bond donors (Lipinski definition) is 2. The molecule has 0 aromatic carbocycles. The van der Waals surface area contributed by atoms with Crippen molar-refractivity contribution in [3.05, 3.63) is 0 Å². The van der Waals surface area contributed by atoms with Gasteiger partial charge in [0.15, 0.2) is 0 Å². The van der Waals surface area contributed by atoms with Crippen molar-refractivity contribution in [3.8, 4) is 0 Å². The SMILES string of the molecule is COC(=O)C(C)(COC(=O)O)COC(=O)O. The molecule has 0 aliphatic carbocycles. The maximum atomic E-state index is 11.3. The molecule has 0 saturated carbocycles. The molecule has 0 bridgehead atoms. The monoisotopic (exact) mass is 236 g/mol. The molecular formula is C8H12O8. The van der Waals surface area contributed by atoms with E-state index in [2.05, 4.69) is 14.2 Å². The molecule has 8 heteroatoms. The highest BCUT2D eigenvalue weighted by Gasteiger charge is 2.38. The van der Waals surface area contributed by atoms with Gasteiger partial charge in [-0.15, -0.1) is 0 Å². The summed E-state index contributed by atoms with van der Waals surface area (Å²) < 4.78 is 12.8. The fourth-order valence-electron chi connectivity index (χ4n) is 0.848. The Hall–Kier alpha value is -1.99. The third kappa shape index (κ3) is 4.49. The van der Waals surface area contributed by atoms with Crippen LogP contribution in [-0.2, 0) is 19.0 Å². The van der Waals surface area contributed by atoms with Crippen molar-refractivity contribution in [1.82, 2.24) is 0 Å². The minimum atomic E-state index is -1.58. The molecule has 0 atom stereocenters. The predicted molar refractivity (Wildman–Crippen MR) is 48.1 cm³/mol. The second-order valence-electron chi connectivity index (χ2n) is 3.16. The Morgan fingerprint density at radius 3 is 1.69 bits per heavy atom. The minimum absolute atomic E-state index is 0.553. The van der Waals surface area contributed by atoms with Gasteiger partial charge in [0, 0.05) is 0 Å². The molecule has 0 rings (SSSR count). The van der Waals surface area contributed by atoms with Crippen molar-refractivity contribution in [3.63, 3.8) is 0 Å². The van der Waals surface area contributed by atoms with Crippen LogP contribution in [0.25, 0.3) is 0 Å². The van der Waals surface area contributed by atoms with Crippen molar-refractivity contribution in [2.45, 2.75) is 6.92 Å². The quantitative estimate of drug-likeness (QED) is 0.524. The summed E-state index contributed by atoms with van der Waals surface area (Å²) in [6.07, 6.45) is -3.16. The summed E-state index contributed by atoms with van der Waals surface area (Å²) in [7, 11) is 1.09. The summed E-state index contributed by atoms with van der Waals surface area (Å²) >= 11 is 0. The first-order chi connectivity index (χ1) is 7.31. The van der Waals surface area contributed by atoms with E-state index in [9.17, 15) is 14.4 Å². The van der Waals surface area contributed by atoms with Crippen LogP contribution in [0, 0.1) is 5.41 Å². The highest BCUT2D eigenvalue weighted by atomic mass is 16.7. The van der Waals surface area contributed by atoms with E-state index in [0.29, 0.717) is 0 Å². The highest BCUT2D eigenvalue weighted by molar-refractivity contribution is 5.77. The number of esters is 1. The molecule has 0 amide bonds. The Balaban J connectivity index is 4.53. The van der Waals surface area contributed by atoms with Gasteiger partial charge in [-0.05, 0) is 6.92 Å². The van der Waals surface area contributed by atoms with Crippen molar-refractivity contribution < 1.29 is 38.8 Å². The molecule has 0 aliphatic rings. The average molecular weight is 236 g/mol. The Morgan fingerprint density at radius 1 is 1.06 bits per heavy atom. The Bertz CT molecular complexity index is 266. The number of rotatable bonds is 5. The number of carbonyl (C=O) groups excluding carboxylic acids is 1. The molecule has 0 unspecified atom stereocenters. The first kappa shape index (κ1) is 14.0. The van der Waals surface area contributed by atoms with Crippen molar-refractivity contribution in [2.24, 2.45) is 5.41 Å². The summed E-state index contributed by atoms with van der Waals surface area (Å²) in [6.45, 7) is 0.162. The van der Waals surface area contributed by atoms with Crippen LogP contribution in [0.5, 0.6) is 0 Å². The third-order valence-corrected chi connectivity index (χ3v) is 1.71. The summed E-state index contributed by atoms with van der Waals surface area (Å²) in [5.41, 5.74) is -1.49. The lowest BCUT2D eigenvalue weighted by Crippen LogP contribution is -2.39. The topological polar surface area (TPSA) is 119 Å². The maximum Gasteiger partial charge on any atom is 0.505 e. The van der Waals surface area contributed by atoms with Gasteiger partial charge in [0.25, 0.3) is 0 Å². The van der Waals surface area contributed by atoms with Crippen LogP contribution in [0.3, 0.4) is 0 Å². The van der Waals surface area contributed by atoms with E-state index in [-0.39, 0.29) is 0 Å². The molecule has 0 aromatic heterocycles. The third-order valence-electron chi connectivity index (χ3n) is 1.71. The second kappa shape index (κ2) is 5.79. The smallest absolute Gasteiger partial charge is 0.468 e. The fourth-order valence-corrected chi connectivity index (χ4v) is 0.848. The lowest BCUT2D eigenvalue weighted by Gasteiger charge is -2.24. The van der Waals surface area contributed by atoms with Crippen LogP contribution in [0.15, 0.2) is 0 Å². The molecular weight excluding hydrogens is 224 g/mol. The lowest BCUT2D eigenvalue weighted by molar-refractivity contribution is -0.157. The molecule has 0 aromatic rings. The van der Waals surface area contributed by atoms with Crippen LogP contribution in [-0.4, -0.2) is 48.8 Å². The number of carbonyl (C=O) groups is 3. The van der Waals surface area contributed by atoms with Crippen LogP contribution >= 0.6 is 0 Å². The predicted octanol–water partition coefficient (Wildman–Crippen LogP) is 0.555. The summed E-state index contributed by atoms with van der Waals surface area (Å²) in [5, 5.41) is 16.6. The zero-order chi connectivity index (χ0) is 12.8. The molecule has 16 heavy (non-hydrogen) atoms. The van der Waals surface area contributed by atoms with Gasteiger partial charge in [-0.2, -0.15) is 0 Å². The Kier molecular flexibility index (Phi) is 5.07. The van der Waals surface area contributed by atoms with Gasteiger partial charge in [-0.3, -0.25) is 4.79 Å². The number of ether oxygens (including phenoxy) is 3. The van der Waals surface area contributed by atoms with Gasteiger partial charge < -0.3 is 24.4 Å². The van der Waals surface area contributed by atoms with E-state index < -0.39 is 36.9 Å². The van der Waals surface area contributed by atoms with Gasteiger partial charge in [-0.1, -0.05) is 0 Å². The molecule has 92 valence electrons. The summed E-state index contributed by atoms with van der Waals surface area (Å²) in [5.74, 6) is -0.824. The molecule has 0 saturated heterocycles. The highest BCUT2D eigenvalue weighted by Crippen LogP contribution is 2.19. The van der Waals surface area contributed by atoms with Crippen molar-refractivity contribution in [1.29, 1.82) is 0 Å². The fraction of sp³-hybridized carbons (Fsp3) is 0.625. The van der Waals surface area contributed by atoms with Crippen LogP contribution in [0.2, 0.25) is 0 Å². The van der Waals surface area contributed by atoms with Crippen LogP contribution in [0.4, 0.5) is 9.59 Å². The van der Waals surface area contributed by atoms with E-state index in [4.69, 9.17) is 10.2 Å². The van der Waals surface area contributed by atoms with E-state index >= 15 is 0 Å². The number of carboxylic acid groups (broad SMARTS) is 2. The molecule has 8 nitrogen and oxygen atoms in total. The first-order valence-electron chi connectivity index (χ1n) is 4.11. The number of hydrogen-bond acceptors (Lipinski definition) is 6. The largest absolute Gasteiger partial charge is 0.505 e. The van der Waals surface area contributed by atoms with Crippen LogP contribution < -0.4 is 0 Å². The molecule has 0 fully saturated rings. The summed E-state index contributed by atoms with van der Waals surface area (Å²) in [4.78, 5) is 31.6. The van der Waals surface area contributed by atoms with E-state index in [1.807, 2.05) is 0 Å². The maximum absolute atomic E-state index is 11.3. The average Bonchev–Trinajstić information content (AvgIpc) is 2.22. The second-order valence-corrected chi connectivity index (χ2v) is 3.16. The Labute approximate surface area is 90.7 Å². The van der Waals surface area contributed by atoms with Gasteiger partial charge in [0.1, 0.15) is 18.6 Å². The molecule has 0 heterocycles. The zero-order valence-corrected chi connectivity index (χ0v) is 8.76. The molecule has 0 radical (unpaired) electrons. The molecule has 0 aliphatic heterocycles. The lowest BCUT2D eigenvalue weighted by atomic mass is 9.93. The van der Waals surface area contributed by atoms with Crippen molar-refractivity contribution in [2.75, 3.05) is 20.3 Å². The van der Waals surface area contributed by atoms with Crippen LogP contribution in [0.1, 0.15) is 6.92 Å². The van der Waals surface area contributed by atoms with Gasteiger partial charge in [0.05, 0.1) is 7.11 Å². The standard InChI is InChI=1S/C8H12O8/c1-8(5(9)14-2,3-15-6(10)11)4-16-7(12)13/h3-4H2,1-2H3,(H,10,11)(H,12,13). The van der Waals surface area contributed by atoms with Crippen molar-refractivity contribution >= 4 is 18.3 Å². The van der Waals surface area contributed by atoms with E-state index in [1.54, 1.807) is 0 Å². The minimum Gasteiger partial charge on any atom is -0.468 e. The van der Waals surface area contributed by atoms with Gasteiger partial charge in [0.2, 0.25) is 0 Å². The van der Waals surface area contributed by atoms with Gasteiger partial charge >= 0.3 is 18.3 Å². The number of methoxy groups -OCH3 is 1. The zero-order valence-electron chi connectivity index (χ0n) is 8.76. The van der Waals surface area contributed by atoms with E-state index in [0.717, 1.165) is 7.11 Å². The first-order valence-corrected chi connectivity index (χ1v) is 4.11. The molecule has 2 N–H and O–H groups in total. The Morgan fingerprint density at radius 2 is 1.44 bits per heavy atom. The summed E-state index contributed by atoms with van der Waals surface area (Å²) in [6, 6.07) is 0. The molecule has 0 spiro atoms. The van der Waals surface area contributed by atoms with Gasteiger partial charge in [-0.25, -0.2) is 9.59 Å². The van der Waals surface area contributed by atoms with E-state index in [1.165, 1.54) is 6.92 Å². The normalized spacial score (nSPS) is 10.4.